The summed E-state index contributed by atoms with van der Waals surface area (Å²) in [6.07, 6.45) is 3.44. The van der Waals surface area contributed by atoms with Crippen molar-refractivity contribution in [1.29, 1.82) is 0 Å². The van der Waals surface area contributed by atoms with Crippen LogP contribution in [0.4, 0.5) is 0 Å². The summed E-state index contributed by atoms with van der Waals surface area (Å²) in [6, 6.07) is 0. The lowest BCUT2D eigenvalue weighted by atomic mass is 10.1. The van der Waals surface area contributed by atoms with E-state index in [2.05, 4.69) is 18.3 Å². The molecule has 0 aromatic carbocycles. The van der Waals surface area contributed by atoms with Gasteiger partial charge < -0.3 is 5.84 Å². The van der Waals surface area contributed by atoms with Gasteiger partial charge in [0.1, 0.15) is 0 Å². The van der Waals surface area contributed by atoms with E-state index in [0.29, 0.717) is 5.84 Å². The highest BCUT2D eigenvalue weighted by atomic mass is 15.4. The Hall–Kier alpha value is -1.55. The minimum absolute atomic E-state index is 0.470. The van der Waals surface area contributed by atoms with E-state index in [-0.39, 0.29) is 0 Å². The van der Waals surface area contributed by atoms with E-state index in [4.69, 9.17) is 11.7 Å². The van der Waals surface area contributed by atoms with Crippen molar-refractivity contribution < 1.29 is 0 Å². The highest BCUT2D eigenvalue weighted by molar-refractivity contribution is 6.00. The fraction of sp³-hybridized carbons (Fsp3) is 0.222. The first kappa shape index (κ1) is 11.4. The Bertz CT molecular complexity index is 261. The third kappa shape index (κ3) is 3.57. The molecule has 0 bridgehead atoms. The molecule has 72 valence electrons. The normalized spacial score (nSPS) is 12.5. The Morgan fingerprint density at radius 2 is 2.08 bits per heavy atom. The van der Waals surface area contributed by atoms with Crippen LogP contribution in [0, 0.1) is 0 Å². The number of hydrogen-bond donors (Lipinski definition) is 2. The van der Waals surface area contributed by atoms with Crippen molar-refractivity contribution in [1.82, 2.24) is 5.01 Å². The number of hydrazone groups is 1. The summed E-state index contributed by atoms with van der Waals surface area (Å²) < 4.78 is 0. The molecule has 4 N–H and O–H groups in total. The summed E-state index contributed by atoms with van der Waals surface area (Å²) in [5.41, 5.74) is 1.64. The molecule has 0 radical (unpaired) electrons. The SMILES string of the molecule is C=CC(=C\C(=C)C)/C(=N/N)N(C)N. The molecule has 0 saturated carbocycles. The second-order valence-corrected chi connectivity index (χ2v) is 2.71. The number of hydrazine groups is 1. The van der Waals surface area contributed by atoms with Gasteiger partial charge in [-0.15, -0.1) is 0 Å². The molecule has 4 nitrogen and oxygen atoms in total. The van der Waals surface area contributed by atoms with Gasteiger partial charge in [-0.3, -0.25) is 5.01 Å². The zero-order chi connectivity index (χ0) is 10.4. The number of allylic oxidation sites excluding steroid dienone is 2. The fourth-order valence-electron chi connectivity index (χ4n) is 0.849. The Labute approximate surface area is 78.9 Å². The van der Waals surface area contributed by atoms with E-state index < -0.39 is 0 Å². The standard InChI is InChI=1S/C9H16N4/c1-5-8(6-7(2)3)9(12-10)13(4)11/h5-6H,1-2,10-11H2,3-4H3/b8-6+,12-9-. The number of hydrogen-bond acceptors (Lipinski definition) is 3. The van der Waals surface area contributed by atoms with Crippen molar-refractivity contribution >= 4 is 5.84 Å². The predicted molar refractivity (Wildman–Crippen MR) is 56.7 cm³/mol. The molecule has 0 amide bonds. The van der Waals surface area contributed by atoms with Crippen LogP contribution in [0.3, 0.4) is 0 Å². The third-order valence-corrected chi connectivity index (χ3v) is 1.34. The first-order valence-corrected chi connectivity index (χ1v) is 3.79. The maximum atomic E-state index is 5.50. The van der Waals surface area contributed by atoms with Crippen molar-refractivity contribution in [3.05, 3.63) is 36.5 Å². The Kier molecular flexibility index (Phi) is 4.54. The van der Waals surface area contributed by atoms with Gasteiger partial charge in [0, 0.05) is 12.6 Å². The van der Waals surface area contributed by atoms with Gasteiger partial charge in [-0.25, -0.2) is 5.84 Å². The van der Waals surface area contributed by atoms with Crippen LogP contribution in [-0.2, 0) is 0 Å². The van der Waals surface area contributed by atoms with E-state index in [9.17, 15) is 0 Å². The number of nitrogens with zero attached hydrogens (tertiary/aromatic N) is 2. The van der Waals surface area contributed by atoms with E-state index in [1.54, 1.807) is 13.1 Å². The second kappa shape index (κ2) is 5.16. The van der Waals surface area contributed by atoms with E-state index in [0.717, 1.165) is 11.1 Å². The monoisotopic (exact) mass is 180 g/mol. The molecule has 0 aliphatic heterocycles. The molecular weight excluding hydrogens is 164 g/mol. The Morgan fingerprint density at radius 1 is 1.54 bits per heavy atom. The molecule has 0 aliphatic carbocycles. The lowest BCUT2D eigenvalue weighted by Crippen LogP contribution is -2.35. The predicted octanol–water partition coefficient (Wildman–Crippen LogP) is 0.753. The average molecular weight is 180 g/mol. The Morgan fingerprint density at radius 3 is 2.31 bits per heavy atom. The summed E-state index contributed by atoms with van der Waals surface area (Å²) in [5.74, 6) is 11.1. The van der Waals surface area contributed by atoms with E-state index in [1.807, 2.05) is 13.0 Å². The number of nitrogens with two attached hydrogens (primary N) is 2. The highest BCUT2D eigenvalue weighted by Crippen LogP contribution is 2.04. The molecule has 13 heavy (non-hydrogen) atoms. The van der Waals surface area contributed by atoms with E-state index >= 15 is 0 Å². The van der Waals surface area contributed by atoms with Gasteiger partial charge >= 0.3 is 0 Å². The van der Waals surface area contributed by atoms with Gasteiger partial charge in [0.05, 0.1) is 0 Å². The van der Waals surface area contributed by atoms with Crippen molar-refractivity contribution in [2.75, 3.05) is 7.05 Å². The van der Waals surface area contributed by atoms with E-state index in [1.165, 1.54) is 5.01 Å². The van der Waals surface area contributed by atoms with Crippen LogP contribution in [0.2, 0.25) is 0 Å². The molecule has 0 saturated heterocycles. The summed E-state index contributed by atoms with van der Waals surface area (Å²) in [5, 5.41) is 4.88. The molecule has 0 atom stereocenters. The molecule has 0 unspecified atom stereocenters. The van der Waals surface area contributed by atoms with Crippen LogP contribution in [0.25, 0.3) is 0 Å². The lowest BCUT2D eigenvalue weighted by Gasteiger charge is -2.14. The summed E-state index contributed by atoms with van der Waals surface area (Å²) in [6.45, 7) is 9.25. The first-order valence-electron chi connectivity index (χ1n) is 3.79. The largest absolute Gasteiger partial charge is 0.321 e. The van der Waals surface area contributed by atoms with Crippen LogP contribution in [0.5, 0.6) is 0 Å². The molecule has 0 aromatic heterocycles. The molecule has 0 rings (SSSR count). The van der Waals surface area contributed by atoms with Gasteiger partial charge in [-0.1, -0.05) is 24.8 Å². The fourth-order valence-corrected chi connectivity index (χ4v) is 0.849. The first-order chi connectivity index (χ1) is 6.02. The van der Waals surface area contributed by atoms with Crippen LogP contribution >= 0.6 is 0 Å². The van der Waals surface area contributed by atoms with Crippen LogP contribution in [0.1, 0.15) is 6.92 Å². The zero-order valence-electron chi connectivity index (χ0n) is 8.12. The quantitative estimate of drug-likeness (QED) is 0.221. The van der Waals surface area contributed by atoms with Gasteiger partial charge in [-0.05, 0) is 13.0 Å². The van der Waals surface area contributed by atoms with Crippen molar-refractivity contribution in [2.24, 2.45) is 16.8 Å². The minimum Gasteiger partial charge on any atom is -0.321 e. The smallest absolute Gasteiger partial charge is 0.169 e. The number of likely N-dealkylation sites (N-methyl/N-ethyl adjacent to an activating group) is 1. The van der Waals surface area contributed by atoms with Crippen LogP contribution in [-0.4, -0.2) is 17.9 Å². The topological polar surface area (TPSA) is 67.6 Å². The van der Waals surface area contributed by atoms with Crippen molar-refractivity contribution in [3.8, 4) is 0 Å². The summed E-state index contributed by atoms with van der Waals surface area (Å²) in [7, 11) is 1.65. The van der Waals surface area contributed by atoms with Crippen LogP contribution in [0.15, 0.2) is 41.6 Å². The minimum atomic E-state index is 0.470. The van der Waals surface area contributed by atoms with Gasteiger partial charge in [0.15, 0.2) is 5.84 Å². The Balaban J connectivity index is 4.97. The molecular formula is C9H16N4. The summed E-state index contributed by atoms with van der Waals surface area (Å²) >= 11 is 0. The van der Waals surface area contributed by atoms with Crippen molar-refractivity contribution in [2.45, 2.75) is 6.92 Å². The molecule has 0 aromatic rings. The van der Waals surface area contributed by atoms with Gasteiger partial charge in [-0.2, -0.15) is 5.10 Å². The maximum absolute atomic E-state index is 5.50. The molecule has 0 fully saturated rings. The highest BCUT2D eigenvalue weighted by Gasteiger charge is 2.05. The van der Waals surface area contributed by atoms with Gasteiger partial charge in [0.25, 0.3) is 0 Å². The third-order valence-electron chi connectivity index (χ3n) is 1.34. The maximum Gasteiger partial charge on any atom is 0.169 e. The molecule has 4 heteroatoms. The van der Waals surface area contributed by atoms with Gasteiger partial charge in [0.2, 0.25) is 0 Å². The molecule has 0 aliphatic rings. The molecule has 0 spiro atoms. The number of rotatable bonds is 3. The average Bonchev–Trinajstić information content (AvgIpc) is 2.02. The van der Waals surface area contributed by atoms with Crippen molar-refractivity contribution in [3.63, 3.8) is 0 Å². The second-order valence-electron chi connectivity index (χ2n) is 2.71. The number of amidine groups is 1. The van der Waals surface area contributed by atoms with Crippen LogP contribution < -0.4 is 11.7 Å². The molecule has 0 heterocycles. The zero-order valence-corrected chi connectivity index (χ0v) is 8.12. The lowest BCUT2D eigenvalue weighted by molar-refractivity contribution is 0.537. The summed E-state index contributed by atoms with van der Waals surface area (Å²) in [4.78, 5) is 0.